The van der Waals surface area contributed by atoms with Crippen LogP contribution in [0.3, 0.4) is 0 Å². The van der Waals surface area contributed by atoms with Gasteiger partial charge in [0, 0.05) is 25.6 Å². The van der Waals surface area contributed by atoms with E-state index in [1.54, 1.807) is 5.01 Å². The van der Waals surface area contributed by atoms with Crippen molar-refractivity contribution >= 4 is 0 Å². The lowest BCUT2D eigenvalue weighted by atomic mass is 9.74. The van der Waals surface area contributed by atoms with Crippen LogP contribution in [-0.4, -0.2) is 30.3 Å². The first-order valence-electron chi connectivity index (χ1n) is 4.75. The third kappa shape index (κ3) is 2.44. The summed E-state index contributed by atoms with van der Waals surface area (Å²) < 4.78 is 0. The average molecular weight is 172 g/mol. The zero-order valence-electron chi connectivity index (χ0n) is 7.92. The lowest BCUT2D eigenvalue weighted by Gasteiger charge is -2.37. The van der Waals surface area contributed by atoms with E-state index in [1.165, 1.54) is 19.3 Å². The maximum Gasteiger partial charge on any atom is 0.0500 e. The van der Waals surface area contributed by atoms with E-state index in [4.69, 9.17) is 5.84 Å². The van der Waals surface area contributed by atoms with Crippen molar-refractivity contribution in [3.8, 4) is 0 Å². The van der Waals surface area contributed by atoms with Crippen molar-refractivity contribution in [2.24, 2.45) is 11.3 Å². The van der Waals surface area contributed by atoms with E-state index in [0.29, 0.717) is 0 Å². The molecule has 72 valence electrons. The van der Waals surface area contributed by atoms with Crippen LogP contribution >= 0.6 is 0 Å². The smallest absolute Gasteiger partial charge is 0.0500 e. The molecule has 3 N–H and O–H groups in total. The Bertz CT molecular complexity index is 130. The van der Waals surface area contributed by atoms with E-state index < -0.39 is 0 Å². The number of hydrogen-bond acceptors (Lipinski definition) is 3. The maximum atomic E-state index is 9.31. The van der Waals surface area contributed by atoms with Crippen molar-refractivity contribution in [1.82, 2.24) is 5.01 Å². The first kappa shape index (κ1) is 9.96. The van der Waals surface area contributed by atoms with Crippen molar-refractivity contribution in [1.29, 1.82) is 0 Å². The van der Waals surface area contributed by atoms with Crippen LogP contribution in [0.4, 0.5) is 0 Å². The number of nitrogens with zero attached hydrogens (tertiary/aromatic N) is 1. The molecule has 0 atom stereocenters. The molecule has 1 aliphatic rings. The predicted molar refractivity (Wildman–Crippen MR) is 49.4 cm³/mol. The van der Waals surface area contributed by atoms with Gasteiger partial charge in [-0.3, -0.25) is 5.84 Å². The van der Waals surface area contributed by atoms with Gasteiger partial charge < -0.3 is 5.11 Å². The van der Waals surface area contributed by atoms with E-state index in [-0.39, 0.29) is 12.0 Å². The molecule has 3 heteroatoms. The zero-order chi connectivity index (χ0) is 9.03. The van der Waals surface area contributed by atoms with Crippen LogP contribution < -0.4 is 5.84 Å². The Hall–Kier alpha value is -0.120. The van der Waals surface area contributed by atoms with Crippen molar-refractivity contribution in [2.75, 3.05) is 20.2 Å². The summed E-state index contributed by atoms with van der Waals surface area (Å²) in [5.41, 5.74) is 0.0990. The van der Waals surface area contributed by atoms with Crippen LogP contribution in [0.5, 0.6) is 0 Å². The fourth-order valence-electron chi connectivity index (χ4n) is 2.20. The van der Waals surface area contributed by atoms with E-state index in [0.717, 1.165) is 19.4 Å². The molecule has 0 aromatic heterocycles. The molecule has 0 amide bonds. The minimum absolute atomic E-state index is 0.0990. The summed E-state index contributed by atoms with van der Waals surface area (Å²) in [6, 6.07) is 0. The van der Waals surface area contributed by atoms with Gasteiger partial charge in [-0.1, -0.05) is 19.3 Å². The van der Waals surface area contributed by atoms with Crippen LogP contribution in [0.25, 0.3) is 0 Å². The van der Waals surface area contributed by atoms with Gasteiger partial charge >= 0.3 is 0 Å². The summed E-state index contributed by atoms with van der Waals surface area (Å²) in [4.78, 5) is 0. The first-order chi connectivity index (χ1) is 5.68. The number of aliphatic hydroxyl groups is 1. The molecule has 0 aliphatic heterocycles. The Kier molecular flexibility index (Phi) is 3.50. The summed E-state index contributed by atoms with van der Waals surface area (Å²) in [5, 5.41) is 11.0. The topological polar surface area (TPSA) is 49.5 Å². The summed E-state index contributed by atoms with van der Waals surface area (Å²) >= 11 is 0. The van der Waals surface area contributed by atoms with Crippen molar-refractivity contribution in [3.05, 3.63) is 0 Å². The number of hydrazine groups is 1. The molecule has 0 radical (unpaired) electrons. The normalized spacial score (nSPS) is 23.0. The van der Waals surface area contributed by atoms with Crippen molar-refractivity contribution in [2.45, 2.75) is 32.1 Å². The van der Waals surface area contributed by atoms with E-state index in [9.17, 15) is 5.11 Å². The van der Waals surface area contributed by atoms with E-state index >= 15 is 0 Å². The second-order valence-corrected chi connectivity index (χ2v) is 4.13. The predicted octanol–water partition coefficient (Wildman–Crippen LogP) is 0.735. The van der Waals surface area contributed by atoms with Gasteiger partial charge in [-0.05, 0) is 12.8 Å². The Morgan fingerprint density at radius 1 is 1.33 bits per heavy atom. The van der Waals surface area contributed by atoms with Gasteiger partial charge in [0.05, 0.1) is 0 Å². The van der Waals surface area contributed by atoms with Crippen molar-refractivity contribution in [3.63, 3.8) is 0 Å². The van der Waals surface area contributed by atoms with Crippen LogP contribution in [0.2, 0.25) is 0 Å². The van der Waals surface area contributed by atoms with Crippen LogP contribution in [0.1, 0.15) is 32.1 Å². The molecule has 0 saturated heterocycles. The molecule has 0 unspecified atom stereocenters. The molecule has 1 aliphatic carbocycles. The molecular weight excluding hydrogens is 152 g/mol. The van der Waals surface area contributed by atoms with Crippen molar-refractivity contribution < 1.29 is 5.11 Å². The number of hydrogen-bond donors (Lipinski definition) is 2. The molecule has 0 heterocycles. The van der Waals surface area contributed by atoms with Crippen LogP contribution in [-0.2, 0) is 0 Å². The fraction of sp³-hybridized carbons (Fsp3) is 1.00. The lowest BCUT2D eigenvalue weighted by Crippen LogP contribution is -2.42. The molecule has 1 fully saturated rings. The third-order valence-corrected chi connectivity index (χ3v) is 2.83. The largest absolute Gasteiger partial charge is 0.396 e. The van der Waals surface area contributed by atoms with Gasteiger partial charge in [0.15, 0.2) is 0 Å². The molecule has 0 spiro atoms. The fourth-order valence-corrected chi connectivity index (χ4v) is 2.20. The summed E-state index contributed by atoms with van der Waals surface area (Å²) in [7, 11) is 1.87. The number of nitrogens with two attached hydrogens (primary N) is 1. The first-order valence-corrected chi connectivity index (χ1v) is 4.75. The summed E-state index contributed by atoms with van der Waals surface area (Å²) in [5.74, 6) is 5.61. The Morgan fingerprint density at radius 2 is 1.92 bits per heavy atom. The molecule has 1 saturated carbocycles. The molecule has 3 nitrogen and oxygen atoms in total. The highest BCUT2D eigenvalue weighted by Gasteiger charge is 2.31. The minimum atomic E-state index is 0.0990. The summed E-state index contributed by atoms with van der Waals surface area (Å²) in [6.45, 7) is 1.11. The van der Waals surface area contributed by atoms with Gasteiger partial charge in [0.2, 0.25) is 0 Å². The van der Waals surface area contributed by atoms with Crippen LogP contribution in [0, 0.1) is 5.41 Å². The average Bonchev–Trinajstić information content (AvgIpc) is 2.05. The highest BCUT2D eigenvalue weighted by Crippen LogP contribution is 2.35. The number of rotatable bonds is 3. The van der Waals surface area contributed by atoms with Gasteiger partial charge in [0.25, 0.3) is 0 Å². The Balaban J connectivity index is 2.48. The van der Waals surface area contributed by atoms with Gasteiger partial charge in [-0.15, -0.1) is 0 Å². The molecule has 0 aromatic rings. The molecule has 12 heavy (non-hydrogen) atoms. The standard InChI is InChI=1S/C9H20N2O/c1-11(10)7-9(8-12)5-3-2-4-6-9/h12H,2-8,10H2,1H3. The lowest BCUT2D eigenvalue weighted by molar-refractivity contribution is 0.0485. The highest BCUT2D eigenvalue weighted by molar-refractivity contribution is 4.83. The minimum Gasteiger partial charge on any atom is -0.396 e. The van der Waals surface area contributed by atoms with Gasteiger partial charge in [-0.25, -0.2) is 5.01 Å². The maximum absolute atomic E-state index is 9.31. The molecular formula is C9H20N2O. The van der Waals surface area contributed by atoms with Gasteiger partial charge in [0.1, 0.15) is 0 Å². The highest BCUT2D eigenvalue weighted by atomic mass is 16.3. The third-order valence-electron chi connectivity index (χ3n) is 2.83. The van der Waals surface area contributed by atoms with E-state index in [2.05, 4.69) is 0 Å². The molecule has 0 bridgehead atoms. The summed E-state index contributed by atoms with van der Waals surface area (Å²) in [6.07, 6.45) is 6.06. The second kappa shape index (κ2) is 4.21. The number of aliphatic hydroxyl groups excluding tert-OH is 1. The Morgan fingerprint density at radius 3 is 2.33 bits per heavy atom. The van der Waals surface area contributed by atoms with Crippen LogP contribution in [0.15, 0.2) is 0 Å². The van der Waals surface area contributed by atoms with E-state index in [1.807, 2.05) is 7.05 Å². The molecule has 1 rings (SSSR count). The Labute approximate surface area is 74.5 Å². The zero-order valence-corrected chi connectivity index (χ0v) is 7.92. The monoisotopic (exact) mass is 172 g/mol. The SMILES string of the molecule is CN(N)CC1(CO)CCCCC1. The second-order valence-electron chi connectivity index (χ2n) is 4.13. The quantitative estimate of drug-likeness (QED) is 0.487. The van der Waals surface area contributed by atoms with Gasteiger partial charge in [-0.2, -0.15) is 0 Å². The molecule has 0 aromatic carbocycles.